The minimum Gasteiger partial charge on any atom is -0.487 e. The second-order valence-corrected chi connectivity index (χ2v) is 5.07. The van der Waals surface area contributed by atoms with Crippen molar-refractivity contribution in [3.05, 3.63) is 53.8 Å². The van der Waals surface area contributed by atoms with Crippen LogP contribution in [0.25, 0.3) is 16.5 Å². The van der Waals surface area contributed by atoms with Crippen molar-refractivity contribution in [2.75, 3.05) is 20.3 Å². The summed E-state index contributed by atoms with van der Waals surface area (Å²) in [4.78, 5) is 33.2. The van der Waals surface area contributed by atoms with Gasteiger partial charge in [-0.3, -0.25) is 9.59 Å². The van der Waals surface area contributed by atoms with Crippen molar-refractivity contribution in [3.8, 4) is 0 Å². The summed E-state index contributed by atoms with van der Waals surface area (Å²) < 4.78 is 10.2. The number of nitrogens with two attached hydrogens (primary N) is 1. The largest absolute Gasteiger partial charge is 0.487 e. The third kappa shape index (κ3) is 2.77. The van der Waals surface area contributed by atoms with E-state index in [0.29, 0.717) is 23.2 Å². The molecule has 0 atom stereocenters. The molecule has 1 aromatic carbocycles. The molecule has 0 radical (unpaired) electrons. The van der Waals surface area contributed by atoms with Crippen LogP contribution in [0.5, 0.6) is 0 Å². The lowest BCUT2D eigenvalue weighted by molar-refractivity contribution is -0.117. The van der Waals surface area contributed by atoms with Crippen LogP contribution in [-0.4, -0.2) is 41.9 Å². The number of ether oxygens (including phenoxy) is 2. The number of hydrogen-bond acceptors (Lipinski definition) is 7. The minimum absolute atomic E-state index is 0.0357. The number of benzene rings is 1. The van der Waals surface area contributed by atoms with E-state index in [1.165, 1.54) is 13.4 Å². The summed E-state index contributed by atoms with van der Waals surface area (Å²) in [6.07, 6.45) is 2.43. The maximum absolute atomic E-state index is 12.7. The molecule has 0 saturated heterocycles. The molecule has 0 saturated carbocycles. The molecule has 7 nitrogen and oxygen atoms in total. The summed E-state index contributed by atoms with van der Waals surface area (Å²) >= 11 is 0. The molecule has 0 aliphatic heterocycles. The molecular formula is C17H15N3O4. The van der Waals surface area contributed by atoms with Crippen LogP contribution in [0.2, 0.25) is 0 Å². The van der Waals surface area contributed by atoms with Crippen molar-refractivity contribution in [1.29, 1.82) is 0 Å². The number of fused-ring (bicyclic) bond motifs is 1. The lowest BCUT2D eigenvalue weighted by Crippen LogP contribution is -2.25. The zero-order valence-corrected chi connectivity index (χ0v) is 13.0. The van der Waals surface area contributed by atoms with Crippen LogP contribution in [0.15, 0.2) is 48.1 Å². The lowest BCUT2D eigenvalue weighted by Gasteiger charge is -2.17. The van der Waals surface area contributed by atoms with E-state index in [4.69, 9.17) is 15.2 Å². The molecular weight excluding hydrogens is 310 g/mol. The maximum Gasteiger partial charge on any atom is 0.232 e. The molecule has 0 bridgehead atoms. The molecule has 7 heteroatoms. The number of Topliss-reactive ketones (excluding diaryl/α,β-unsaturated/α-hetero) is 1. The molecule has 0 unspecified atom stereocenters. The second-order valence-electron chi connectivity index (χ2n) is 5.07. The molecule has 2 N–H and O–H groups in total. The third-order valence-electron chi connectivity index (χ3n) is 3.57. The molecule has 0 fully saturated rings. The van der Waals surface area contributed by atoms with Crippen LogP contribution < -0.4 is 5.73 Å². The van der Waals surface area contributed by atoms with Gasteiger partial charge in [0, 0.05) is 18.6 Å². The Kier molecular flexibility index (Phi) is 4.35. The van der Waals surface area contributed by atoms with Gasteiger partial charge in [0.1, 0.15) is 12.9 Å². The van der Waals surface area contributed by atoms with Crippen LogP contribution in [0.3, 0.4) is 0 Å². The van der Waals surface area contributed by atoms with Crippen LogP contribution in [0.4, 0.5) is 0 Å². The fourth-order valence-corrected chi connectivity index (χ4v) is 2.41. The SMILES string of the molecule is COCCOC1=CC(=O)C(N)=C(c2ncnc3ccccc23)C1=O. The number of carbonyl (C=O) groups is 2. The van der Waals surface area contributed by atoms with E-state index in [-0.39, 0.29) is 23.6 Å². The molecule has 0 spiro atoms. The van der Waals surface area contributed by atoms with E-state index in [1.54, 1.807) is 18.2 Å². The number of rotatable bonds is 5. The number of carbonyl (C=O) groups excluding carboxylic acids is 2. The van der Waals surface area contributed by atoms with E-state index in [1.807, 2.05) is 6.07 Å². The Balaban J connectivity index is 2.06. The lowest BCUT2D eigenvalue weighted by atomic mass is 9.94. The third-order valence-corrected chi connectivity index (χ3v) is 3.57. The molecule has 1 aromatic heterocycles. The second kappa shape index (κ2) is 6.59. The van der Waals surface area contributed by atoms with Crippen LogP contribution in [0.1, 0.15) is 5.69 Å². The summed E-state index contributed by atoms with van der Waals surface area (Å²) in [6.45, 7) is 0.447. The Bertz CT molecular complexity index is 881. The Morgan fingerprint density at radius 3 is 2.71 bits per heavy atom. The summed E-state index contributed by atoms with van der Waals surface area (Å²) in [6, 6.07) is 7.18. The highest BCUT2D eigenvalue weighted by molar-refractivity contribution is 6.38. The van der Waals surface area contributed by atoms with Gasteiger partial charge in [-0.15, -0.1) is 0 Å². The molecule has 0 amide bonds. The monoisotopic (exact) mass is 325 g/mol. The minimum atomic E-state index is -0.486. The van der Waals surface area contributed by atoms with Gasteiger partial charge in [0.15, 0.2) is 5.76 Å². The maximum atomic E-state index is 12.7. The number of ketones is 2. The summed E-state index contributed by atoms with van der Waals surface area (Å²) in [7, 11) is 1.52. The van der Waals surface area contributed by atoms with Crippen LogP contribution in [-0.2, 0) is 19.1 Å². The Labute approximate surface area is 137 Å². The van der Waals surface area contributed by atoms with Crippen molar-refractivity contribution in [1.82, 2.24) is 9.97 Å². The highest BCUT2D eigenvalue weighted by atomic mass is 16.5. The number of methoxy groups -OCH3 is 1. The number of hydrogen-bond donors (Lipinski definition) is 1. The molecule has 3 rings (SSSR count). The fraction of sp³-hybridized carbons (Fsp3) is 0.176. The molecule has 24 heavy (non-hydrogen) atoms. The number of para-hydroxylation sites is 1. The van der Waals surface area contributed by atoms with Crippen molar-refractivity contribution in [2.24, 2.45) is 5.73 Å². The average Bonchev–Trinajstić information content (AvgIpc) is 2.60. The first-order valence-corrected chi connectivity index (χ1v) is 7.25. The number of nitrogens with zero attached hydrogens (tertiary/aromatic N) is 2. The van der Waals surface area contributed by atoms with Gasteiger partial charge in [-0.25, -0.2) is 9.97 Å². The standard InChI is InChI=1S/C17H15N3O4/c1-23-6-7-24-13-8-12(21)15(18)14(17(13)22)16-10-4-2-3-5-11(10)19-9-20-16/h2-5,8-9H,6-7,18H2,1H3. The van der Waals surface area contributed by atoms with Crippen LogP contribution in [0, 0.1) is 0 Å². The van der Waals surface area contributed by atoms with E-state index >= 15 is 0 Å². The predicted octanol–water partition coefficient (Wildman–Crippen LogP) is 0.998. The van der Waals surface area contributed by atoms with Gasteiger partial charge in [0.25, 0.3) is 0 Å². The fourth-order valence-electron chi connectivity index (χ4n) is 2.41. The van der Waals surface area contributed by atoms with Gasteiger partial charge in [-0.05, 0) is 6.07 Å². The Hall–Kier alpha value is -3.06. The van der Waals surface area contributed by atoms with E-state index in [0.717, 1.165) is 6.08 Å². The predicted molar refractivity (Wildman–Crippen MR) is 86.6 cm³/mol. The van der Waals surface area contributed by atoms with E-state index < -0.39 is 11.6 Å². The molecule has 1 aliphatic carbocycles. The van der Waals surface area contributed by atoms with Crippen LogP contribution >= 0.6 is 0 Å². The van der Waals surface area contributed by atoms with Crippen molar-refractivity contribution in [3.63, 3.8) is 0 Å². The molecule has 2 aromatic rings. The normalized spacial score (nSPS) is 15.0. The number of aromatic nitrogens is 2. The van der Waals surface area contributed by atoms with Crippen molar-refractivity contribution in [2.45, 2.75) is 0 Å². The number of allylic oxidation sites excluding steroid dienone is 2. The van der Waals surface area contributed by atoms with Gasteiger partial charge in [-0.1, -0.05) is 18.2 Å². The summed E-state index contributed by atoms with van der Waals surface area (Å²) in [5.74, 6) is -1.03. The summed E-state index contributed by atoms with van der Waals surface area (Å²) in [5.41, 5.74) is 6.73. The highest BCUT2D eigenvalue weighted by Crippen LogP contribution is 2.29. The first kappa shape index (κ1) is 15.8. The highest BCUT2D eigenvalue weighted by Gasteiger charge is 2.31. The zero-order chi connectivity index (χ0) is 17.1. The van der Waals surface area contributed by atoms with Gasteiger partial charge >= 0.3 is 0 Å². The van der Waals surface area contributed by atoms with Crippen molar-refractivity contribution < 1.29 is 19.1 Å². The van der Waals surface area contributed by atoms with Crippen molar-refractivity contribution >= 4 is 28.0 Å². The van der Waals surface area contributed by atoms with Gasteiger partial charge in [0.2, 0.25) is 11.6 Å². The topological polar surface area (TPSA) is 104 Å². The molecule has 122 valence electrons. The first-order valence-electron chi connectivity index (χ1n) is 7.25. The Morgan fingerprint density at radius 2 is 1.92 bits per heavy atom. The van der Waals surface area contributed by atoms with E-state index in [9.17, 15) is 9.59 Å². The first-order chi connectivity index (χ1) is 11.6. The quantitative estimate of drug-likeness (QED) is 0.646. The summed E-state index contributed by atoms with van der Waals surface area (Å²) in [5, 5.41) is 0.636. The Morgan fingerprint density at radius 1 is 1.12 bits per heavy atom. The van der Waals surface area contributed by atoms with Gasteiger partial charge in [-0.2, -0.15) is 0 Å². The molecule has 1 heterocycles. The van der Waals surface area contributed by atoms with Gasteiger partial charge in [0.05, 0.1) is 29.1 Å². The van der Waals surface area contributed by atoms with E-state index in [2.05, 4.69) is 9.97 Å². The molecule has 1 aliphatic rings. The average molecular weight is 325 g/mol. The van der Waals surface area contributed by atoms with Gasteiger partial charge < -0.3 is 15.2 Å². The smallest absolute Gasteiger partial charge is 0.232 e. The zero-order valence-electron chi connectivity index (χ0n) is 13.0.